The van der Waals surface area contributed by atoms with Gasteiger partial charge in [0.25, 0.3) is 11.8 Å². The van der Waals surface area contributed by atoms with Gasteiger partial charge in [-0.15, -0.1) is 0 Å². The van der Waals surface area contributed by atoms with Crippen LogP contribution in [0.2, 0.25) is 0 Å². The molecule has 0 spiro atoms. The van der Waals surface area contributed by atoms with Crippen molar-refractivity contribution in [3.05, 3.63) is 107 Å². The molecule has 246 valence electrons. The molecule has 9 nitrogen and oxygen atoms in total. The Morgan fingerprint density at radius 2 is 1.47 bits per heavy atom. The standard InChI is InChI=1S/C36H37F2N3O6/c1-21(2)41-30(17-16-28(42)19-29(43)20-31(44)45)32(22-8-12-25(37)13-9-22)33(23-10-14-26(38)15-11-23)34(41)35(46)39-27-7-5-6-24(18-27)36(47)40(3)4/h5-18,21,28-29,42-43H,19-20H2,1-4H3,(H,39,46)(H,44,45)/t28-,29-/m1/s1. The third-order valence-electron chi connectivity index (χ3n) is 7.41. The zero-order chi connectivity index (χ0) is 34.4. The number of halogens is 2. The van der Waals surface area contributed by atoms with E-state index in [2.05, 4.69) is 5.32 Å². The Kier molecular flexibility index (Phi) is 11.1. The second-order valence-electron chi connectivity index (χ2n) is 11.6. The molecule has 1 heterocycles. The molecule has 0 bridgehead atoms. The average Bonchev–Trinajstić information content (AvgIpc) is 3.35. The van der Waals surface area contributed by atoms with Gasteiger partial charge in [0.05, 0.1) is 18.6 Å². The van der Waals surface area contributed by atoms with Crippen molar-refractivity contribution in [1.29, 1.82) is 0 Å². The van der Waals surface area contributed by atoms with Gasteiger partial charge in [-0.3, -0.25) is 14.4 Å². The van der Waals surface area contributed by atoms with Gasteiger partial charge in [0.2, 0.25) is 0 Å². The van der Waals surface area contributed by atoms with E-state index in [0.29, 0.717) is 39.2 Å². The van der Waals surface area contributed by atoms with Gasteiger partial charge in [-0.2, -0.15) is 0 Å². The molecule has 0 aliphatic heterocycles. The summed E-state index contributed by atoms with van der Waals surface area (Å²) in [6, 6.07) is 17.3. The Bertz CT molecular complexity index is 1780. The first-order valence-electron chi connectivity index (χ1n) is 15.0. The SMILES string of the molecule is CC(C)n1c(C=C[C@@H](O)C[C@@H](O)CC(=O)O)c(-c2ccc(F)cc2)c(-c2ccc(F)cc2)c1C(=O)Nc1cccc(C(=O)N(C)C)c1. The number of carbonyl (C=O) groups excluding carboxylic acids is 2. The third-order valence-corrected chi connectivity index (χ3v) is 7.41. The maximum Gasteiger partial charge on any atom is 0.305 e. The molecule has 1 aromatic heterocycles. The van der Waals surface area contributed by atoms with Crippen molar-refractivity contribution >= 4 is 29.5 Å². The molecule has 0 unspecified atom stereocenters. The topological polar surface area (TPSA) is 132 Å². The molecule has 0 saturated heterocycles. The van der Waals surface area contributed by atoms with Crippen LogP contribution in [0.15, 0.2) is 78.9 Å². The number of amides is 2. The van der Waals surface area contributed by atoms with E-state index >= 15 is 0 Å². The minimum absolute atomic E-state index is 0.176. The van der Waals surface area contributed by atoms with E-state index in [4.69, 9.17) is 5.11 Å². The van der Waals surface area contributed by atoms with Gasteiger partial charge in [-0.25, -0.2) is 8.78 Å². The Labute approximate surface area is 271 Å². The molecule has 0 fully saturated rings. The Morgan fingerprint density at radius 1 is 0.894 bits per heavy atom. The lowest BCUT2D eigenvalue weighted by molar-refractivity contribution is -0.139. The summed E-state index contributed by atoms with van der Waals surface area (Å²) in [5, 5.41) is 32.7. The third kappa shape index (κ3) is 8.37. The molecule has 2 atom stereocenters. The summed E-state index contributed by atoms with van der Waals surface area (Å²) in [4.78, 5) is 39.4. The van der Waals surface area contributed by atoms with Gasteiger partial charge < -0.3 is 30.1 Å². The molecule has 47 heavy (non-hydrogen) atoms. The van der Waals surface area contributed by atoms with Crippen molar-refractivity contribution in [2.24, 2.45) is 0 Å². The van der Waals surface area contributed by atoms with E-state index in [1.807, 2.05) is 13.8 Å². The lowest BCUT2D eigenvalue weighted by atomic mass is 9.94. The van der Waals surface area contributed by atoms with Crippen LogP contribution in [0, 0.1) is 11.6 Å². The highest BCUT2D eigenvalue weighted by atomic mass is 19.1. The zero-order valence-electron chi connectivity index (χ0n) is 26.4. The Morgan fingerprint density at radius 3 is 2.00 bits per heavy atom. The number of aliphatic carboxylic acids is 1. The van der Waals surface area contributed by atoms with Gasteiger partial charge in [-0.1, -0.05) is 36.4 Å². The summed E-state index contributed by atoms with van der Waals surface area (Å²) in [6.45, 7) is 3.70. The van der Waals surface area contributed by atoms with Crippen molar-refractivity contribution in [3.63, 3.8) is 0 Å². The molecule has 2 amide bonds. The highest BCUT2D eigenvalue weighted by Crippen LogP contribution is 2.43. The van der Waals surface area contributed by atoms with Crippen molar-refractivity contribution in [3.8, 4) is 22.3 Å². The predicted molar refractivity (Wildman–Crippen MR) is 176 cm³/mol. The van der Waals surface area contributed by atoms with E-state index < -0.39 is 42.1 Å². The van der Waals surface area contributed by atoms with Gasteiger partial charge >= 0.3 is 5.97 Å². The Balaban J connectivity index is 1.96. The fourth-order valence-electron chi connectivity index (χ4n) is 5.36. The van der Waals surface area contributed by atoms with E-state index in [9.17, 15) is 33.4 Å². The molecular formula is C36H37F2N3O6. The normalized spacial score (nSPS) is 12.7. The number of benzene rings is 3. The number of carbonyl (C=O) groups is 3. The average molecular weight is 646 g/mol. The zero-order valence-corrected chi connectivity index (χ0v) is 26.4. The first-order valence-corrected chi connectivity index (χ1v) is 15.0. The summed E-state index contributed by atoms with van der Waals surface area (Å²) in [6.07, 6.45) is -0.391. The van der Waals surface area contributed by atoms with E-state index in [1.54, 1.807) is 61.1 Å². The summed E-state index contributed by atoms with van der Waals surface area (Å²) in [7, 11) is 3.24. The van der Waals surface area contributed by atoms with Crippen LogP contribution in [0.1, 0.15) is 59.3 Å². The second kappa shape index (κ2) is 15.0. The van der Waals surface area contributed by atoms with Gasteiger partial charge in [0.1, 0.15) is 17.3 Å². The fourth-order valence-corrected chi connectivity index (χ4v) is 5.36. The maximum atomic E-state index is 14.3. The van der Waals surface area contributed by atoms with E-state index in [1.165, 1.54) is 47.4 Å². The number of carboxylic acid groups (broad SMARTS) is 1. The highest BCUT2D eigenvalue weighted by Gasteiger charge is 2.30. The van der Waals surface area contributed by atoms with Crippen molar-refractivity contribution in [2.45, 2.75) is 44.9 Å². The van der Waals surface area contributed by atoms with Gasteiger partial charge in [0.15, 0.2) is 0 Å². The number of hydrogen-bond donors (Lipinski definition) is 4. The molecule has 4 aromatic rings. The largest absolute Gasteiger partial charge is 0.481 e. The van der Waals surface area contributed by atoms with Crippen molar-refractivity contribution < 1.29 is 38.5 Å². The summed E-state index contributed by atoms with van der Waals surface area (Å²) < 4.78 is 30.0. The van der Waals surface area contributed by atoms with Gasteiger partial charge in [0, 0.05) is 54.6 Å². The molecule has 0 aliphatic rings. The number of anilines is 1. The summed E-state index contributed by atoms with van der Waals surface area (Å²) in [5.74, 6) is -2.98. The number of aliphatic hydroxyl groups is 2. The highest BCUT2D eigenvalue weighted by molar-refractivity contribution is 6.12. The van der Waals surface area contributed by atoms with Crippen LogP contribution < -0.4 is 5.32 Å². The van der Waals surface area contributed by atoms with E-state index in [-0.39, 0.29) is 24.1 Å². The van der Waals surface area contributed by atoms with Crippen LogP contribution >= 0.6 is 0 Å². The second-order valence-corrected chi connectivity index (χ2v) is 11.6. The lowest BCUT2D eigenvalue weighted by Gasteiger charge is -2.18. The number of nitrogens with one attached hydrogen (secondary N) is 1. The molecule has 0 aliphatic carbocycles. The molecule has 0 radical (unpaired) electrons. The number of nitrogens with zero attached hydrogens (tertiary/aromatic N) is 2. The Hall–Kier alpha value is -5.13. The van der Waals surface area contributed by atoms with Crippen LogP contribution in [0.5, 0.6) is 0 Å². The number of aliphatic hydroxyl groups excluding tert-OH is 2. The van der Waals surface area contributed by atoms with Crippen molar-refractivity contribution in [2.75, 3.05) is 19.4 Å². The minimum atomic E-state index is -1.30. The molecule has 11 heteroatoms. The minimum Gasteiger partial charge on any atom is -0.481 e. The van der Waals surface area contributed by atoms with Crippen LogP contribution in [0.4, 0.5) is 14.5 Å². The first kappa shape index (κ1) is 34.7. The number of hydrogen-bond acceptors (Lipinski definition) is 5. The van der Waals surface area contributed by atoms with Crippen LogP contribution in [-0.2, 0) is 4.79 Å². The van der Waals surface area contributed by atoms with E-state index in [0.717, 1.165) is 0 Å². The van der Waals surface area contributed by atoms with Crippen LogP contribution in [-0.4, -0.2) is 68.9 Å². The predicted octanol–water partition coefficient (Wildman–Crippen LogP) is 6.24. The quantitative estimate of drug-likeness (QED) is 0.144. The molecular weight excluding hydrogens is 608 g/mol. The first-order chi connectivity index (χ1) is 22.3. The number of rotatable bonds is 12. The number of carboxylic acids is 1. The van der Waals surface area contributed by atoms with Gasteiger partial charge in [-0.05, 0) is 73.5 Å². The fraction of sp³-hybridized carbons (Fsp3) is 0.250. The number of aromatic nitrogens is 1. The maximum absolute atomic E-state index is 14.3. The molecule has 0 saturated carbocycles. The molecule has 4 N–H and O–H groups in total. The van der Waals surface area contributed by atoms with Crippen LogP contribution in [0.25, 0.3) is 28.3 Å². The van der Waals surface area contributed by atoms with Crippen molar-refractivity contribution in [1.82, 2.24) is 9.47 Å². The smallest absolute Gasteiger partial charge is 0.305 e. The lowest BCUT2D eigenvalue weighted by Crippen LogP contribution is -2.22. The summed E-state index contributed by atoms with van der Waals surface area (Å²) in [5.41, 5.74) is 3.24. The molecule has 3 aromatic carbocycles. The monoisotopic (exact) mass is 645 g/mol. The summed E-state index contributed by atoms with van der Waals surface area (Å²) >= 11 is 0. The van der Waals surface area contributed by atoms with Crippen LogP contribution in [0.3, 0.4) is 0 Å². The molecule has 4 rings (SSSR count).